The SMILES string of the molecule is CCOC(=O)Cc1nncn1C1CCCCC1. The number of aromatic nitrogens is 3. The predicted molar refractivity (Wildman–Crippen MR) is 62.5 cm³/mol. The second-order valence-corrected chi connectivity index (χ2v) is 4.43. The average Bonchev–Trinajstić information content (AvgIpc) is 2.78. The van der Waals surface area contributed by atoms with Crippen molar-refractivity contribution in [3.8, 4) is 0 Å². The minimum absolute atomic E-state index is 0.224. The van der Waals surface area contributed by atoms with Gasteiger partial charge in [-0.15, -0.1) is 10.2 Å². The number of nitrogens with zero attached hydrogens (tertiary/aromatic N) is 3. The Hall–Kier alpha value is -1.39. The summed E-state index contributed by atoms with van der Waals surface area (Å²) in [5.74, 6) is 0.507. The van der Waals surface area contributed by atoms with Crippen LogP contribution in [0.5, 0.6) is 0 Å². The molecule has 1 aliphatic rings. The van der Waals surface area contributed by atoms with Crippen LogP contribution in [0.3, 0.4) is 0 Å². The summed E-state index contributed by atoms with van der Waals surface area (Å²) in [7, 11) is 0. The van der Waals surface area contributed by atoms with E-state index in [4.69, 9.17) is 4.74 Å². The lowest BCUT2D eigenvalue weighted by molar-refractivity contribution is -0.142. The van der Waals surface area contributed by atoms with E-state index >= 15 is 0 Å². The molecule has 5 nitrogen and oxygen atoms in total. The van der Waals surface area contributed by atoms with E-state index in [2.05, 4.69) is 14.8 Å². The maximum Gasteiger partial charge on any atom is 0.313 e. The molecule has 1 saturated carbocycles. The first-order valence-corrected chi connectivity index (χ1v) is 6.35. The molecule has 0 N–H and O–H groups in total. The lowest BCUT2D eigenvalue weighted by Crippen LogP contribution is -2.18. The normalized spacial score (nSPS) is 17.0. The van der Waals surface area contributed by atoms with E-state index < -0.39 is 0 Å². The maximum absolute atomic E-state index is 11.4. The van der Waals surface area contributed by atoms with Gasteiger partial charge in [0.2, 0.25) is 0 Å². The molecule has 0 aliphatic heterocycles. The monoisotopic (exact) mass is 237 g/mol. The third-order valence-electron chi connectivity index (χ3n) is 3.22. The van der Waals surface area contributed by atoms with Crippen LogP contribution in [0.2, 0.25) is 0 Å². The zero-order valence-corrected chi connectivity index (χ0v) is 10.3. The highest BCUT2D eigenvalue weighted by Crippen LogP contribution is 2.28. The van der Waals surface area contributed by atoms with Crippen LogP contribution in [-0.4, -0.2) is 27.3 Å². The van der Waals surface area contributed by atoms with Gasteiger partial charge in [-0.2, -0.15) is 0 Å². The first kappa shape index (κ1) is 12.1. The molecule has 0 radical (unpaired) electrons. The van der Waals surface area contributed by atoms with Gasteiger partial charge in [-0.05, 0) is 19.8 Å². The molecule has 1 aromatic rings. The molecule has 1 heterocycles. The summed E-state index contributed by atoms with van der Waals surface area (Å²) >= 11 is 0. The van der Waals surface area contributed by atoms with Gasteiger partial charge in [0.05, 0.1) is 6.61 Å². The topological polar surface area (TPSA) is 57.0 Å². The Bertz CT molecular complexity index is 370. The van der Waals surface area contributed by atoms with E-state index in [-0.39, 0.29) is 12.4 Å². The molecule has 5 heteroatoms. The first-order valence-electron chi connectivity index (χ1n) is 6.35. The molecule has 1 fully saturated rings. The summed E-state index contributed by atoms with van der Waals surface area (Å²) in [5.41, 5.74) is 0. The molecule has 94 valence electrons. The molecule has 0 atom stereocenters. The minimum atomic E-state index is -0.224. The van der Waals surface area contributed by atoms with Gasteiger partial charge in [0.25, 0.3) is 0 Å². The van der Waals surface area contributed by atoms with Gasteiger partial charge in [-0.25, -0.2) is 0 Å². The number of hydrogen-bond acceptors (Lipinski definition) is 4. The Labute approximate surface area is 101 Å². The quantitative estimate of drug-likeness (QED) is 0.750. The summed E-state index contributed by atoms with van der Waals surface area (Å²) in [6.07, 6.45) is 8.10. The lowest BCUT2D eigenvalue weighted by Gasteiger charge is -2.23. The van der Waals surface area contributed by atoms with Crippen molar-refractivity contribution in [3.05, 3.63) is 12.2 Å². The van der Waals surface area contributed by atoms with Gasteiger partial charge in [0, 0.05) is 6.04 Å². The van der Waals surface area contributed by atoms with E-state index in [1.165, 1.54) is 19.3 Å². The Morgan fingerprint density at radius 2 is 2.24 bits per heavy atom. The fourth-order valence-corrected chi connectivity index (χ4v) is 2.40. The van der Waals surface area contributed by atoms with E-state index in [1.807, 2.05) is 6.92 Å². The van der Waals surface area contributed by atoms with Crippen molar-refractivity contribution in [3.63, 3.8) is 0 Å². The Kier molecular flexibility index (Phi) is 4.12. The van der Waals surface area contributed by atoms with Crippen LogP contribution in [0.1, 0.15) is 50.9 Å². The fourth-order valence-electron chi connectivity index (χ4n) is 2.40. The van der Waals surface area contributed by atoms with Crippen molar-refractivity contribution < 1.29 is 9.53 Å². The van der Waals surface area contributed by atoms with Crippen LogP contribution in [0.4, 0.5) is 0 Å². The second-order valence-electron chi connectivity index (χ2n) is 4.43. The van der Waals surface area contributed by atoms with E-state index in [0.29, 0.717) is 12.6 Å². The van der Waals surface area contributed by atoms with Crippen LogP contribution < -0.4 is 0 Å². The summed E-state index contributed by atoms with van der Waals surface area (Å²) in [6.45, 7) is 2.22. The molecular formula is C12H19N3O2. The van der Waals surface area contributed by atoms with Crippen molar-refractivity contribution in [1.29, 1.82) is 0 Å². The average molecular weight is 237 g/mol. The lowest BCUT2D eigenvalue weighted by atomic mass is 9.95. The van der Waals surface area contributed by atoms with Gasteiger partial charge in [-0.3, -0.25) is 4.79 Å². The van der Waals surface area contributed by atoms with Crippen LogP contribution in [0.15, 0.2) is 6.33 Å². The van der Waals surface area contributed by atoms with Gasteiger partial charge < -0.3 is 9.30 Å². The van der Waals surface area contributed by atoms with Crippen molar-refractivity contribution in [2.45, 2.75) is 51.5 Å². The number of carbonyl (C=O) groups is 1. The van der Waals surface area contributed by atoms with E-state index in [1.54, 1.807) is 6.33 Å². The van der Waals surface area contributed by atoms with Crippen LogP contribution in [-0.2, 0) is 16.0 Å². The smallest absolute Gasteiger partial charge is 0.313 e. The second kappa shape index (κ2) is 5.80. The van der Waals surface area contributed by atoms with Gasteiger partial charge in [-0.1, -0.05) is 19.3 Å². The number of ether oxygens (including phenoxy) is 1. The van der Waals surface area contributed by atoms with Crippen LogP contribution in [0.25, 0.3) is 0 Å². The summed E-state index contributed by atoms with van der Waals surface area (Å²) < 4.78 is 6.99. The van der Waals surface area contributed by atoms with E-state index in [0.717, 1.165) is 18.7 Å². The third-order valence-corrected chi connectivity index (χ3v) is 3.22. The summed E-state index contributed by atoms with van der Waals surface area (Å²) in [4.78, 5) is 11.4. The summed E-state index contributed by atoms with van der Waals surface area (Å²) in [5, 5.41) is 7.94. The largest absolute Gasteiger partial charge is 0.466 e. The highest BCUT2D eigenvalue weighted by molar-refractivity contribution is 5.71. The molecule has 1 aromatic heterocycles. The molecule has 0 amide bonds. The molecule has 0 unspecified atom stereocenters. The zero-order chi connectivity index (χ0) is 12.1. The number of hydrogen-bond donors (Lipinski definition) is 0. The number of esters is 1. The number of rotatable bonds is 4. The molecule has 17 heavy (non-hydrogen) atoms. The molecule has 1 aliphatic carbocycles. The highest BCUT2D eigenvalue weighted by atomic mass is 16.5. The van der Waals surface area contributed by atoms with Gasteiger partial charge in [0.15, 0.2) is 0 Å². The van der Waals surface area contributed by atoms with Gasteiger partial charge in [0.1, 0.15) is 18.6 Å². The van der Waals surface area contributed by atoms with Crippen molar-refractivity contribution in [1.82, 2.24) is 14.8 Å². The van der Waals surface area contributed by atoms with Crippen LogP contribution in [0, 0.1) is 0 Å². The number of carbonyl (C=O) groups excluding carboxylic acids is 1. The molecule has 2 rings (SSSR count). The van der Waals surface area contributed by atoms with Crippen molar-refractivity contribution >= 4 is 5.97 Å². The molecule has 0 aromatic carbocycles. The van der Waals surface area contributed by atoms with Crippen LogP contribution >= 0.6 is 0 Å². The highest BCUT2D eigenvalue weighted by Gasteiger charge is 2.20. The van der Waals surface area contributed by atoms with Gasteiger partial charge >= 0.3 is 5.97 Å². The Balaban J connectivity index is 2.02. The minimum Gasteiger partial charge on any atom is -0.466 e. The Morgan fingerprint density at radius 3 is 2.94 bits per heavy atom. The third kappa shape index (κ3) is 3.05. The maximum atomic E-state index is 11.4. The van der Waals surface area contributed by atoms with Crippen molar-refractivity contribution in [2.24, 2.45) is 0 Å². The fraction of sp³-hybridized carbons (Fsp3) is 0.750. The zero-order valence-electron chi connectivity index (χ0n) is 10.3. The van der Waals surface area contributed by atoms with Crippen molar-refractivity contribution in [2.75, 3.05) is 6.61 Å². The first-order chi connectivity index (χ1) is 8.31. The molecular weight excluding hydrogens is 218 g/mol. The molecule has 0 saturated heterocycles. The van der Waals surface area contributed by atoms with E-state index in [9.17, 15) is 4.79 Å². The Morgan fingerprint density at radius 1 is 1.47 bits per heavy atom. The summed E-state index contributed by atoms with van der Waals surface area (Å²) in [6, 6.07) is 0.461. The predicted octanol–water partition coefficient (Wildman–Crippen LogP) is 1.89. The molecule has 0 bridgehead atoms. The molecule has 0 spiro atoms. The standard InChI is InChI=1S/C12H19N3O2/c1-2-17-12(16)8-11-14-13-9-15(11)10-6-4-3-5-7-10/h9-10H,2-8H2,1H3.